The number of hydrogen-bond acceptors (Lipinski definition) is 5. The number of H-pyrrole nitrogens is 1. The number of nitrogens with one attached hydrogen (secondary N) is 2. The molecule has 0 radical (unpaired) electrons. The van der Waals surface area contributed by atoms with Gasteiger partial charge in [-0.15, -0.1) is 0 Å². The molecule has 0 unspecified atom stereocenters. The van der Waals surface area contributed by atoms with E-state index in [0.717, 1.165) is 0 Å². The standard InChI is InChI=1S/C14H19N5O3.CH2O2/c1-8-10(12(21)17-9(2)16-8)4-11(20)19-6-14(7-19)5-15-13(22)18(14)3;2-1-3/h4-7H2,1-3H3,(H,15,22)(H,16,17,21);1H,(H,2,3). The van der Waals surface area contributed by atoms with Crippen LogP contribution in [0.25, 0.3) is 0 Å². The van der Waals surface area contributed by atoms with Gasteiger partial charge in [-0.2, -0.15) is 0 Å². The molecule has 0 aliphatic carbocycles. The van der Waals surface area contributed by atoms with E-state index in [1.165, 1.54) is 0 Å². The number of rotatable bonds is 2. The van der Waals surface area contributed by atoms with Crippen LogP contribution in [0.4, 0.5) is 4.79 Å². The van der Waals surface area contributed by atoms with E-state index in [0.29, 0.717) is 36.7 Å². The maximum Gasteiger partial charge on any atom is 0.317 e. The van der Waals surface area contributed by atoms with Crippen LogP contribution in [0.5, 0.6) is 0 Å². The number of carbonyl (C=O) groups is 3. The van der Waals surface area contributed by atoms with Crippen LogP contribution < -0.4 is 10.9 Å². The zero-order chi connectivity index (χ0) is 18.8. The first-order chi connectivity index (χ1) is 11.7. The highest BCUT2D eigenvalue weighted by atomic mass is 16.3. The van der Waals surface area contributed by atoms with E-state index >= 15 is 0 Å². The van der Waals surface area contributed by atoms with Crippen LogP contribution in [0.3, 0.4) is 0 Å². The Morgan fingerprint density at radius 1 is 1.36 bits per heavy atom. The summed E-state index contributed by atoms with van der Waals surface area (Å²) in [4.78, 5) is 54.3. The molecule has 1 aromatic heterocycles. The molecule has 2 saturated heterocycles. The van der Waals surface area contributed by atoms with Crippen LogP contribution >= 0.6 is 0 Å². The highest BCUT2D eigenvalue weighted by Crippen LogP contribution is 2.30. The lowest BCUT2D eigenvalue weighted by atomic mass is 9.89. The summed E-state index contributed by atoms with van der Waals surface area (Å²) in [7, 11) is 1.74. The van der Waals surface area contributed by atoms with E-state index in [9.17, 15) is 14.4 Å². The number of nitrogens with zero attached hydrogens (tertiary/aromatic N) is 3. The number of amides is 3. The van der Waals surface area contributed by atoms with Gasteiger partial charge in [-0.3, -0.25) is 14.4 Å². The number of likely N-dealkylation sites (tertiary alicyclic amines) is 1. The van der Waals surface area contributed by atoms with Crippen molar-refractivity contribution in [1.82, 2.24) is 25.1 Å². The number of carbonyl (C=O) groups excluding carboxylic acids is 2. The second kappa shape index (κ2) is 6.91. The average Bonchev–Trinajstić information content (AvgIpc) is 2.78. The van der Waals surface area contributed by atoms with Crippen molar-refractivity contribution in [2.45, 2.75) is 25.8 Å². The van der Waals surface area contributed by atoms with Gasteiger partial charge in [0, 0.05) is 37.9 Å². The summed E-state index contributed by atoms with van der Waals surface area (Å²) in [5, 5.41) is 9.67. The van der Waals surface area contributed by atoms with Crippen LogP contribution in [0.15, 0.2) is 4.79 Å². The second-order valence-electron chi connectivity index (χ2n) is 6.19. The van der Waals surface area contributed by atoms with Gasteiger partial charge in [0.05, 0.1) is 12.0 Å². The summed E-state index contributed by atoms with van der Waals surface area (Å²) in [5.74, 6) is 0.427. The molecule has 0 saturated carbocycles. The number of aromatic amines is 1. The van der Waals surface area contributed by atoms with Crippen LogP contribution in [0.2, 0.25) is 0 Å². The molecule has 25 heavy (non-hydrogen) atoms. The summed E-state index contributed by atoms with van der Waals surface area (Å²) < 4.78 is 0. The zero-order valence-corrected chi connectivity index (χ0v) is 14.3. The minimum absolute atomic E-state index is 0.0373. The second-order valence-corrected chi connectivity index (χ2v) is 6.19. The SMILES string of the molecule is Cc1nc(C)c(CC(=O)N2CC3(CNC(=O)N3C)C2)c(=O)[nH]1.O=CO. The monoisotopic (exact) mass is 351 g/mol. The Morgan fingerprint density at radius 2 is 1.96 bits per heavy atom. The molecular formula is C15H21N5O5. The third-order valence-electron chi connectivity index (χ3n) is 4.58. The predicted octanol–water partition coefficient (Wildman–Crippen LogP) is -1.13. The molecule has 0 aromatic carbocycles. The number of urea groups is 1. The Morgan fingerprint density at radius 3 is 2.44 bits per heavy atom. The van der Waals surface area contributed by atoms with E-state index in [2.05, 4.69) is 15.3 Å². The van der Waals surface area contributed by atoms with Crippen molar-refractivity contribution in [2.24, 2.45) is 0 Å². The number of aryl methyl sites for hydroxylation is 2. The summed E-state index contributed by atoms with van der Waals surface area (Å²) in [5.41, 5.74) is 0.438. The van der Waals surface area contributed by atoms with Crippen molar-refractivity contribution in [3.05, 3.63) is 27.4 Å². The molecule has 2 fully saturated rings. The van der Waals surface area contributed by atoms with Crippen molar-refractivity contribution in [3.63, 3.8) is 0 Å². The van der Waals surface area contributed by atoms with Crippen molar-refractivity contribution in [1.29, 1.82) is 0 Å². The van der Waals surface area contributed by atoms with Gasteiger partial charge < -0.3 is 25.2 Å². The summed E-state index contributed by atoms with van der Waals surface area (Å²) in [6.45, 7) is 4.74. The lowest BCUT2D eigenvalue weighted by Gasteiger charge is -2.50. The molecule has 2 aliphatic rings. The van der Waals surface area contributed by atoms with Crippen molar-refractivity contribution >= 4 is 18.4 Å². The smallest absolute Gasteiger partial charge is 0.317 e. The van der Waals surface area contributed by atoms with Gasteiger partial charge >= 0.3 is 6.03 Å². The molecule has 3 heterocycles. The molecule has 2 aliphatic heterocycles. The summed E-state index contributed by atoms with van der Waals surface area (Å²) in [6, 6.07) is -0.109. The molecule has 1 spiro atoms. The lowest BCUT2D eigenvalue weighted by molar-refractivity contribution is -0.141. The van der Waals surface area contributed by atoms with Crippen LogP contribution in [0.1, 0.15) is 17.1 Å². The minimum atomic E-state index is -0.292. The molecule has 3 amide bonds. The van der Waals surface area contributed by atoms with Gasteiger partial charge in [-0.25, -0.2) is 9.78 Å². The van der Waals surface area contributed by atoms with Crippen LogP contribution in [-0.4, -0.2) is 75.5 Å². The molecule has 10 nitrogen and oxygen atoms in total. The third-order valence-corrected chi connectivity index (χ3v) is 4.58. The van der Waals surface area contributed by atoms with Gasteiger partial charge in [0.15, 0.2) is 0 Å². The zero-order valence-electron chi connectivity index (χ0n) is 14.3. The Bertz CT molecular complexity index is 753. The molecular weight excluding hydrogens is 330 g/mol. The van der Waals surface area contributed by atoms with Crippen molar-refractivity contribution in [3.8, 4) is 0 Å². The van der Waals surface area contributed by atoms with Gasteiger partial charge in [0.1, 0.15) is 5.82 Å². The van der Waals surface area contributed by atoms with E-state index < -0.39 is 0 Å². The van der Waals surface area contributed by atoms with Crippen molar-refractivity contribution < 1.29 is 19.5 Å². The maximum atomic E-state index is 12.3. The Labute approximate surface area is 143 Å². The quantitative estimate of drug-likeness (QED) is 0.577. The largest absolute Gasteiger partial charge is 0.483 e. The van der Waals surface area contributed by atoms with Crippen LogP contribution in [0, 0.1) is 13.8 Å². The first-order valence-corrected chi connectivity index (χ1v) is 7.68. The molecule has 136 valence electrons. The topological polar surface area (TPSA) is 136 Å². The van der Waals surface area contributed by atoms with E-state index in [4.69, 9.17) is 9.90 Å². The first kappa shape index (κ1) is 18.4. The van der Waals surface area contributed by atoms with Gasteiger partial charge in [-0.05, 0) is 13.8 Å². The minimum Gasteiger partial charge on any atom is -0.483 e. The van der Waals surface area contributed by atoms with Crippen molar-refractivity contribution in [2.75, 3.05) is 26.7 Å². The number of hydrogen-bond donors (Lipinski definition) is 3. The highest BCUT2D eigenvalue weighted by Gasteiger charge is 2.53. The van der Waals surface area contributed by atoms with Gasteiger partial charge in [-0.1, -0.05) is 0 Å². The molecule has 1 aromatic rings. The molecule has 10 heteroatoms. The van der Waals surface area contributed by atoms with E-state index in [-0.39, 0.29) is 35.9 Å². The fourth-order valence-corrected chi connectivity index (χ4v) is 3.08. The number of aromatic nitrogens is 2. The summed E-state index contributed by atoms with van der Waals surface area (Å²) >= 11 is 0. The van der Waals surface area contributed by atoms with E-state index in [1.54, 1.807) is 30.7 Å². The maximum absolute atomic E-state index is 12.3. The van der Waals surface area contributed by atoms with Crippen LogP contribution in [-0.2, 0) is 16.0 Å². The predicted molar refractivity (Wildman–Crippen MR) is 87.2 cm³/mol. The Balaban J connectivity index is 0.000000701. The highest BCUT2D eigenvalue weighted by molar-refractivity contribution is 5.82. The average molecular weight is 351 g/mol. The molecule has 0 bridgehead atoms. The molecule has 3 rings (SSSR count). The number of likely N-dealkylation sites (N-methyl/N-ethyl adjacent to an activating group) is 1. The summed E-state index contributed by atoms with van der Waals surface area (Å²) in [6.07, 6.45) is 0.0373. The Kier molecular flexibility index (Phi) is 5.10. The first-order valence-electron chi connectivity index (χ1n) is 7.68. The third kappa shape index (κ3) is 3.47. The number of carboxylic acid groups (broad SMARTS) is 1. The van der Waals surface area contributed by atoms with Gasteiger partial charge in [0.25, 0.3) is 12.0 Å². The lowest BCUT2D eigenvalue weighted by Crippen LogP contribution is -2.70. The Hall–Kier alpha value is -2.91. The normalized spacial score (nSPS) is 17.5. The molecule has 0 atom stereocenters. The van der Waals surface area contributed by atoms with E-state index in [1.807, 2.05) is 0 Å². The fraction of sp³-hybridized carbons (Fsp3) is 0.533. The fourth-order valence-electron chi connectivity index (χ4n) is 3.08. The molecule has 3 N–H and O–H groups in total. The van der Waals surface area contributed by atoms with Gasteiger partial charge in [0.2, 0.25) is 5.91 Å².